The molecule has 1 aliphatic heterocycles. The number of hydrogen-bond acceptors (Lipinski definition) is 2. The summed E-state index contributed by atoms with van der Waals surface area (Å²) in [5.41, 5.74) is 0. The number of amides is 1. The fourth-order valence-electron chi connectivity index (χ4n) is 2.33. The van der Waals surface area contributed by atoms with Crippen LogP contribution in [-0.4, -0.2) is 30.0 Å². The molecule has 1 atom stereocenters. The standard InChI is InChI=1S/C15H20ClNO2/c1-2-14(15(18)17-9-4-3-5-10-17)19-13-8-6-7-12(16)11-13/h6-8,11,14H,2-5,9-10H2,1H3/t14-/m0/s1. The Kier molecular flexibility index (Phi) is 5.08. The molecule has 0 aliphatic carbocycles. The SMILES string of the molecule is CC[C@H](Oc1cccc(Cl)c1)C(=O)N1CCCCC1. The predicted octanol–water partition coefficient (Wildman–Crippen LogP) is 3.51. The van der Waals surface area contributed by atoms with E-state index in [1.165, 1.54) is 6.42 Å². The van der Waals surface area contributed by atoms with Gasteiger partial charge in [-0.1, -0.05) is 24.6 Å². The number of rotatable bonds is 4. The third kappa shape index (κ3) is 3.87. The summed E-state index contributed by atoms with van der Waals surface area (Å²) in [5.74, 6) is 0.756. The van der Waals surface area contributed by atoms with Crippen LogP contribution in [0.2, 0.25) is 5.02 Å². The number of halogens is 1. The molecule has 104 valence electrons. The first-order valence-corrected chi connectivity index (χ1v) is 7.29. The third-order valence-corrected chi connectivity index (χ3v) is 3.62. The minimum absolute atomic E-state index is 0.0992. The Bertz CT molecular complexity index is 430. The van der Waals surface area contributed by atoms with Crippen LogP contribution in [-0.2, 0) is 4.79 Å². The molecule has 0 unspecified atom stereocenters. The summed E-state index contributed by atoms with van der Waals surface area (Å²) in [6, 6.07) is 7.20. The van der Waals surface area contributed by atoms with Crippen molar-refractivity contribution >= 4 is 17.5 Å². The topological polar surface area (TPSA) is 29.5 Å². The van der Waals surface area contributed by atoms with Gasteiger partial charge in [-0.25, -0.2) is 0 Å². The van der Waals surface area contributed by atoms with Gasteiger partial charge in [0.15, 0.2) is 6.10 Å². The zero-order valence-electron chi connectivity index (χ0n) is 11.3. The molecule has 1 aliphatic rings. The van der Waals surface area contributed by atoms with E-state index < -0.39 is 6.10 Å². The number of hydrogen-bond donors (Lipinski definition) is 0. The predicted molar refractivity (Wildman–Crippen MR) is 76.6 cm³/mol. The summed E-state index contributed by atoms with van der Waals surface area (Å²) in [6.45, 7) is 3.68. The van der Waals surface area contributed by atoms with Gasteiger partial charge in [0.05, 0.1) is 0 Å². The van der Waals surface area contributed by atoms with Crippen LogP contribution in [0.1, 0.15) is 32.6 Å². The summed E-state index contributed by atoms with van der Waals surface area (Å²) >= 11 is 5.92. The van der Waals surface area contributed by atoms with Crippen LogP contribution in [0.4, 0.5) is 0 Å². The summed E-state index contributed by atoms with van der Waals surface area (Å²) in [7, 11) is 0. The Balaban J connectivity index is 2.00. The van der Waals surface area contributed by atoms with Crippen molar-refractivity contribution in [3.8, 4) is 5.75 Å². The summed E-state index contributed by atoms with van der Waals surface area (Å²) in [4.78, 5) is 14.3. The highest BCUT2D eigenvalue weighted by molar-refractivity contribution is 6.30. The lowest BCUT2D eigenvalue weighted by molar-refractivity contribution is -0.139. The first-order valence-electron chi connectivity index (χ1n) is 6.91. The second-order valence-corrected chi connectivity index (χ2v) is 5.29. The highest BCUT2D eigenvalue weighted by Crippen LogP contribution is 2.20. The van der Waals surface area contributed by atoms with Gasteiger partial charge in [0.2, 0.25) is 0 Å². The van der Waals surface area contributed by atoms with Crippen LogP contribution in [0.3, 0.4) is 0 Å². The minimum Gasteiger partial charge on any atom is -0.481 e. The minimum atomic E-state index is -0.406. The molecule has 1 aromatic rings. The van der Waals surface area contributed by atoms with Gasteiger partial charge in [-0.2, -0.15) is 0 Å². The van der Waals surface area contributed by atoms with E-state index in [2.05, 4.69) is 0 Å². The number of piperidine rings is 1. The van der Waals surface area contributed by atoms with Crippen LogP contribution in [0.5, 0.6) is 5.75 Å². The van der Waals surface area contributed by atoms with Crippen molar-refractivity contribution in [2.45, 2.75) is 38.7 Å². The second-order valence-electron chi connectivity index (χ2n) is 4.86. The van der Waals surface area contributed by atoms with Crippen molar-refractivity contribution in [3.05, 3.63) is 29.3 Å². The molecule has 2 rings (SSSR count). The average molecular weight is 282 g/mol. The molecular weight excluding hydrogens is 262 g/mol. The molecule has 3 nitrogen and oxygen atoms in total. The quantitative estimate of drug-likeness (QED) is 0.845. The Hall–Kier alpha value is -1.22. The van der Waals surface area contributed by atoms with E-state index in [9.17, 15) is 4.79 Å². The molecule has 1 fully saturated rings. The molecule has 0 aromatic heterocycles. The molecule has 1 amide bonds. The molecule has 0 saturated carbocycles. The average Bonchev–Trinajstić information content (AvgIpc) is 2.45. The van der Waals surface area contributed by atoms with Crippen LogP contribution in [0, 0.1) is 0 Å². The molecule has 0 N–H and O–H groups in total. The van der Waals surface area contributed by atoms with Crippen molar-refractivity contribution in [3.63, 3.8) is 0 Å². The number of ether oxygens (including phenoxy) is 1. The Morgan fingerprint density at radius 3 is 2.74 bits per heavy atom. The molecule has 1 aromatic carbocycles. The van der Waals surface area contributed by atoms with Gasteiger partial charge >= 0.3 is 0 Å². The largest absolute Gasteiger partial charge is 0.481 e. The monoisotopic (exact) mass is 281 g/mol. The summed E-state index contributed by atoms with van der Waals surface area (Å²) in [5, 5.41) is 0.623. The number of carbonyl (C=O) groups excluding carboxylic acids is 1. The third-order valence-electron chi connectivity index (χ3n) is 3.39. The lowest BCUT2D eigenvalue weighted by Crippen LogP contribution is -2.44. The number of benzene rings is 1. The van der Waals surface area contributed by atoms with Crippen molar-refractivity contribution in [1.29, 1.82) is 0 Å². The zero-order chi connectivity index (χ0) is 13.7. The summed E-state index contributed by atoms with van der Waals surface area (Å²) in [6.07, 6.45) is 3.67. The van der Waals surface area contributed by atoms with Gasteiger partial charge in [-0.3, -0.25) is 4.79 Å². The van der Waals surface area contributed by atoms with Crippen LogP contribution in [0.25, 0.3) is 0 Å². The van der Waals surface area contributed by atoms with Gasteiger partial charge in [-0.05, 0) is 43.9 Å². The molecule has 1 saturated heterocycles. The van der Waals surface area contributed by atoms with E-state index >= 15 is 0 Å². The molecule has 0 spiro atoms. The maximum Gasteiger partial charge on any atom is 0.263 e. The van der Waals surface area contributed by atoms with E-state index in [4.69, 9.17) is 16.3 Å². The fraction of sp³-hybridized carbons (Fsp3) is 0.533. The van der Waals surface area contributed by atoms with E-state index in [1.54, 1.807) is 12.1 Å². The van der Waals surface area contributed by atoms with Crippen LogP contribution >= 0.6 is 11.6 Å². The van der Waals surface area contributed by atoms with Crippen LogP contribution in [0.15, 0.2) is 24.3 Å². The molecule has 1 heterocycles. The Morgan fingerprint density at radius 2 is 2.11 bits per heavy atom. The smallest absolute Gasteiger partial charge is 0.263 e. The maximum atomic E-state index is 12.4. The first-order chi connectivity index (χ1) is 9.20. The second kappa shape index (κ2) is 6.80. The number of likely N-dealkylation sites (tertiary alicyclic amines) is 1. The fourth-order valence-corrected chi connectivity index (χ4v) is 2.51. The Labute approximate surface area is 119 Å². The zero-order valence-corrected chi connectivity index (χ0v) is 12.0. The van der Waals surface area contributed by atoms with Crippen molar-refractivity contribution in [2.75, 3.05) is 13.1 Å². The number of nitrogens with zero attached hydrogens (tertiary/aromatic N) is 1. The van der Waals surface area contributed by atoms with Crippen LogP contribution < -0.4 is 4.74 Å². The van der Waals surface area contributed by atoms with Crippen molar-refractivity contribution in [1.82, 2.24) is 4.90 Å². The normalized spacial score (nSPS) is 17.1. The van der Waals surface area contributed by atoms with Gasteiger partial charge in [0, 0.05) is 18.1 Å². The molecule has 4 heteroatoms. The van der Waals surface area contributed by atoms with Gasteiger partial charge in [0.1, 0.15) is 5.75 Å². The highest BCUT2D eigenvalue weighted by atomic mass is 35.5. The lowest BCUT2D eigenvalue weighted by Gasteiger charge is -2.30. The van der Waals surface area contributed by atoms with Crippen molar-refractivity contribution in [2.24, 2.45) is 0 Å². The maximum absolute atomic E-state index is 12.4. The highest BCUT2D eigenvalue weighted by Gasteiger charge is 2.25. The Morgan fingerprint density at radius 1 is 1.37 bits per heavy atom. The summed E-state index contributed by atoms with van der Waals surface area (Å²) < 4.78 is 5.78. The molecule has 0 bridgehead atoms. The number of carbonyl (C=O) groups is 1. The van der Waals surface area contributed by atoms with Crippen molar-refractivity contribution < 1.29 is 9.53 Å². The van der Waals surface area contributed by atoms with Gasteiger partial charge < -0.3 is 9.64 Å². The molecular formula is C15H20ClNO2. The van der Waals surface area contributed by atoms with E-state index in [1.807, 2.05) is 24.0 Å². The molecule has 19 heavy (non-hydrogen) atoms. The van der Waals surface area contributed by atoms with Gasteiger partial charge in [-0.15, -0.1) is 0 Å². The first kappa shape index (κ1) is 14.2. The molecule has 0 radical (unpaired) electrons. The van der Waals surface area contributed by atoms with E-state index in [0.717, 1.165) is 25.9 Å². The lowest BCUT2D eigenvalue weighted by atomic mass is 10.1. The van der Waals surface area contributed by atoms with E-state index in [-0.39, 0.29) is 5.91 Å². The van der Waals surface area contributed by atoms with Gasteiger partial charge in [0.25, 0.3) is 5.91 Å². The van der Waals surface area contributed by atoms with E-state index in [0.29, 0.717) is 17.2 Å².